The Morgan fingerprint density at radius 1 is 1.38 bits per heavy atom. The van der Waals surface area contributed by atoms with E-state index in [-0.39, 0.29) is 35.0 Å². The van der Waals surface area contributed by atoms with Crippen LogP contribution in [0.15, 0.2) is 23.9 Å². The Labute approximate surface area is 152 Å². The van der Waals surface area contributed by atoms with Gasteiger partial charge in [0.2, 0.25) is 5.91 Å². The largest absolute Gasteiger partial charge is 0.404 e. The molecular formula is C16H19F4N3O2S. The lowest BCUT2D eigenvalue weighted by atomic mass is 9.97. The van der Waals surface area contributed by atoms with Gasteiger partial charge in [0.25, 0.3) is 0 Å². The Hall–Kier alpha value is -1.94. The summed E-state index contributed by atoms with van der Waals surface area (Å²) in [7, 11) is 1.15. The summed E-state index contributed by atoms with van der Waals surface area (Å²) in [6, 6.07) is 0.307. The van der Waals surface area contributed by atoms with Gasteiger partial charge in [0.05, 0.1) is 17.6 Å². The predicted molar refractivity (Wildman–Crippen MR) is 92.1 cm³/mol. The van der Waals surface area contributed by atoms with Gasteiger partial charge in [0.1, 0.15) is 18.1 Å². The normalized spacial score (nSPS) is 13.8. The summed E-state index contributed by atoms with van der Waals surface area (Å²) in [5.41, 5.74) is -0.0266. The summed E-state index contributed by atoms with van der Waals surface area (Å²) in [5, 5.41) is 4.62. The number of thioether (sulfide) groups is 1. The lowest BCUT2D eigenvalue weighted by Crippen LogP contribution is -2.40. The van der Waals surface area contributed by atoms with E-state index in [9.17, 15) is 27.2 Å². The average Bonchev–Trinajstić information content (AvgIpc) is 2.58. The number of rotatable bonds is 9. The molecule has 5 nitrogen and oxygen atoms in total. The molecule has 0 spiro atoms. The van der Waals surface area contributed by atoms with Crippen molar-refractivity contribution in [1.29, 1.82) is 0 Å². The van der Waals surface area contributed by atoms with Crippen molar-refractivity contribution in [3.05, 3.63) is 35.4 Å². The summed E-state index contributed by atoms with van der Waals surface area (Å²) in [5.74, 6) is -0.864. The first kappa shape index (κ1) is 22.1. The van der Waals surface area contributed by atoms with Crippen LogP contribution in [0.5, 0.6) is 0 Å². The first-order chi connectivity index (χ1) is 12.2. The standard InChI is InChI=1S/C16H19F4N3O2S/c1-21-14(16(18,19)20)5-12(13-4-3-11(17)7-22-13)10(8-24)6-23-15(25)9-26-2/h3-4,7-8,14,21H,5-6,9H2,1-2H3,(H,23,25)/b12-10+/t14-/m1/s1. The van der Waals surface area contributed by atoms with Gasteiger partial charge >= 0.3 is 6.18 Å². The zero-order valence-electron chi connectivity index (χ0n) is 14.2. The number of alkyl halides is 3. The van der Waals surface area contributed by atoms with Crippen molar-refractivity contribution in [2.45, 2.75) is 18.6 Å². The molecule has 10 heteroatoms. The first-order valence-electron chi connectivity index (χ1n) is 7.51. The smallest absolute Gasteiger partial charge is 0.351 e. The molecule has 2 N–H and O–H groups in total. The Balaban J connectivity index is 3.24. The maximum absolute atomic E-state index is 13.1. The van der Waals surface area contributed by atoms with Crippen LogP contribution in [-0.2, 0) is 9.59 Å². The van der Waals surface area contributed by atoms with Crippen LogP contribution in [0.4, 0.5) is 17.6 Å². The van der Waals surface area contributed by atoms with Crippen molar-refractivity contribution < 1.29 is 27.2 Å². The van der Waals surface area contributed by atoms with Crippen LogP contribution in [0.1, 0.15) is 12.1 Å². The highest BCUT2D eigenvalue weighted by atomic mass is 32.2. The van der Waals surface area contributed by atoms with Gasteiger partial charge in [-0.05, 0) is 37.4 Å². The molecule has 1 amide bonds. The van der Waals surface area contributed by atoms with E-state index in [1.54, 1.807) is 6.26 Å². The molecule has 1 aromatic rings. The van der Waals surface area contributed by atoms with Crippen LogP contribution < -0.4 is 10.6 Å². The van der Waals surface area contributed by atoms with Gasteiger partial charge in [-0.1, -0.05) is 0 Å². The first-order valence-corrected chi connectivity index (χ1v) is 8.91. The molecule has 0 aromatic carbocycles. The molecule has 1 heterocycles. The second kappa shape index (κ2) is 10.3. The van der Waals surface area contributed by atoms with Gasteiger partial charge in [0.15, 0.2) is 0 Å². The molecule has 0 aliphatic heterocycles. The highest BCUT2D eigenvalue weighted by molar-refractivity contribution is 7.99. The molecule has 0 bridgehead atoms. The summed E-state index contributed by atoms with van der Waals surface area (Å²) >= 11 is 1.26. The van der Waals surface area contributed by atoms with E-state index in [0.29, 0.717) is 6.29 Å². The van der Waals surface area contributed by atoms with Gasteiger partial charge < -0.3 is 10.6 Å². The third-order valence-electron chi connectivity index (χ3n) is 3.47. The lowest BCUT2D eigenvalue weighted by Gasteiger charge is -2.22. The van der Waals surface area contributed by atoms with Crippen LogP contribution in [0.25, 0.3) is 5.57 Å². The summed E-state index contributed by atoms with van der Waals surface area (Å²) in [6.07, 6.45) is -2.21. The minimum absolute atomic E-state index is 0.0128. The van der Waals surface area contributed by atoms with E-state index in [4.69, 9.17) is 0 Å². The van der Waals surface area contributed by atoms with Crippen molar-refractivity contribution in [1.82, 2.24) is 15.6 Å². The maximum Gasteiger partial charge on any atom is 0.404 e. The Morgan fingerprint density at radius 2 is 2.08 bits per heavy atom. The minimum atomic E-state index is -4.56. The Morgan fingerprint density at radius 3 is 2.54 bits per heavy atom. The zero-order chi connectivity index (χ0) is 19.7. The SMILES string of the molecule is CN[C@H](C/C(=C(\C=O)CNC(=O)CSC)c1ccc(F)cn1)C(F)(F)F. The number of pyridine rings is 1. The number of aromatic nitrogens is 1. The molecule has 26 heavy (non-hydrogen) atoms. The van der Waals surface area contributed by atoms with Crippen LogP contribution in [0.3, 0.4) is 0 Å². The number of nitrogens with zero attached hydrogens (tertiary/aromatic N) is 1. The highest BCUT2D eigenvalue weighted by Gasteiger charge is 2.39. The number of hydrogen-bond donors (Lipinski definition) is 2. The molecule has 1 rings (SSSR count). The number of amides is 1. The van der Waals surface area contributed by atoms with Crippen LogP contribution in [-0.4, -0.2) is 55.0 Å². The number of carbonyl (C=O) groups is 2. The Bertz CT molecular complexity index is 648. The molecule has 0 saturated heterocycles. The van der Waals surface area contributed by atoms with Gasteiger partial charge in [-0.15, -0.1) is 0 Å². The van der Waals surface area contributed by atoms with Crippen LogP contribution in [0.2, 0.25) is 0 Å². The number of hydrogen-bond acceptors (Lipinski definition) is 5. The molecule has 0 radical (unpaired) electrons. The van der Waals surface area contributed by atoms with Crippen molar-refractivity contribution >= 4 is 29.5 Å². The van der Waals surface area contributed by atoms with Crippen molar-refractivity contribution in [2.75, 3.05) is 25.6 Å². The second-order valence-corrected chi connectivity index (χ2v) is 6.15. The Kier molecular flexibility index (Phi) is 8.73. The monoisotopic (exact) mass is 393 g/mol. The van der Waals surface area contributed by atoms with E-state index < -0.39 is 24.5 Å². The molecule has 0 fully saturated rings. The van der Waals surface area contributed by atoms with E-state index in [1.807, 2.05) is 0 Å². The maximum atomic E-state index is 13.1. The predicted octanol–water partition coefficient (Wildman–Crippen LogP) is 2.19. The van der Waals surface area contributed by atoms with Gasteiger partial charge in [-0.3, -0.25) is 14.6 Å². The molecule has 1 atom stereocenters. The highest BCUT2D eigenvalue weighted by Crippen LogP contribution is 2.29. The molecule has 0 aliphatic rings. The summed E-state index contributed by atoms with van der Waals surface area (Å²) < 4.78 is 52.4. The van der Waals surface area contributed by atoms with Crippen molar-refractivity contribution in [2.24, 2.45) is 0 Å². The fourth-order valence-corrected chi connectivity index (χ4v) is 2.50. The molecule has 0 aliphatic carbocycles. The van der Waals surface area contributed by atoms with E-state index in [0.717, 1.165) is 19.3 Å². The summed E-state index contributed by atoms with van der Waals surface area (Å²) in [6.45, 7) is -0.244. The summed E-state index contributed by atoms with van der Waals surface area (Å²) in [4.78, 5) is 26.8. The third-order valence-corrected chi connectivity index (χ3v) is 4.02. The van der Waals surface area contributed by atoms with E-state index in [2.05, 4.69) is 15.6 Å². The molecular weight excluding hydrogens is 374 g/mol. The number of carbonyl (C=O) groups excluding carboxylic acids is 2. The molecule has 1 aromatic heterocycles. The molecule has 0 unspecified atom stereocenters. The number of aldehydes is 1. The van der Waals surface area contributed by atoms with Crippen molar-refractivity contribution in [3.8, 4) is 0 Å². The van der Waals surface area contributed by atoms with Gasteiger partial charge in [-0.2, -0.15) is 24.9 Å². The molecule has 0 saturated carbocycles. The third kappa shape index (κ3) is 6.75. The zero-order valence-corrected chi connectivity index (χ0v) is 15.0. The lowest BCUT2D eigenvalue weighted by molar-refractivity contribution is -0.153. The van der Waals surface area contributed by atoms with Gasteiger partial charge in [0, 0.05) is 12.1 Å². The van der Waals surface area contributed by atoms with Gasteiger partial charge in [-0.25, -0.2) is 4.39 Å². The average molecular weight is 393 g/mol. The van der Waals surface area contributed by atoms with Crippen LogP contribution >= 0.6 is 11.8 Å². The second-order valence-electron chi connectivity index (χ2n) is 5.28. The van der Waals surface area contributed by atoms with Crippen molar-refractivity contribution in [3.63, 3.8) is 0 Å². The number of halogens is 4. The molecule has 144 valence electrons. The fraction of sp³-hybridized carbons (Fsp3) is 0.438. The quantitative estimate of drug-likeness (QED) is 0.382. The van der Waals surface area contributed by atoms with Crippen LogP contribution in [0, 0.1) is 5.82 Å². The topological polar surface area (TPSA) is 71.1 Å². The minimum Gasteiger partial charge on any atom is -0.351 e. The fourth-order valence-electron chi connectivity index (χ4n) is 2.14. The van der Waals surface area contributed by atoms with E-state index in [1.165, 1.54) is 17.8 Å². The van der Waals surface area contributed by atoms with E-state index >= 15 is 0 Å². The number of nitrogens with one attached hydrogen (secondary N) is 2.